The van der Waals surface area contributed by atoms with Crippen molar-refractivity contribution >= 4 is 52.7 Å². The summed E-state index contributed by atoms with van der Waals surface area (Å²) in [5.41, 5.74) is 16.4. The van der Waals surface area contributed by atoms with E-state index in [0.29, 0.717) is 16.4 Å². The van der Waals surface area contributed by atoms with E-state index in [1.54, 1.807) is 24.3 Å². The number of esters is 1. The number of benzene rings is 3. The number of carbonyl (C=O) groups is 1. The maximum atomic E-state index is 12.0. The van der Waals surface area contributed by atoms with Crippen molar-refractivity contribution in [2.24, 2.45) is 26.4 Å². The van der Waals surface area contributed by atoms with Crippen LogP contribution in [0.1, 0.15) is 29.2 Å². The lowest BCUT2D eigenvalue weighted by atomic mass is 10.1. The van der Waals surface area contributed by atoms with Gasteiger partial charge in [-0.3, -0.25) is 4.79 Å². The second-order valence-electron chi connectivity index (χ2n) is 8.16. The molecule has 0 heterocycles. The molecule has 9 nitrogen and oxygen atoms in total. The van der Waals surface area contributed by atoms with E-state index in [1.165, 1.54) is 43.4 Å². The Kier molecular flexibility index (Phi) is 12.6. The molecule has 0 aliphatic carbocycles. The predicted molar refractivity (Wildman–Crippen MR) is 158 cm³/mol. The van der Waals surface area contributed by atoms with Gasteiger partial charge in [0.1, 0.15) is 23.9 Å². The zero-order valence-electron chi connectivity index (χ0n) is 22.5. The average Bonchev–Trinajstić information content (AvgIpc) is 2.91. The Morgan fingerprint density at radius 3 is 2.15 bits per heavy atom. The molecule has 3 aromatic rings. The molecule has 3 aromatic carbocycles. The number of para-hydroxylation sites is 1. The minimum atomic E-state index is -4.73. The number of amidine groups is 2. The zero-order chi connectivity index (χ0) is 30.4. The summed E-state index contributed by atoms with van der Waals surface area (Å²) < 4.78 is 44.7. The van der Waals surface area contributed by atoms with Crippen molar-refractivity contribution in [2.75, 3.05) is 5.94 Å². The van der Waals surface area contributed by atoms with Crippen molar-refractivity contribution in [1.29, 1.82) is 5.41 Å². The van der Waals surface area contributed by atoms with Gasteiger partial charge in [0.15, 0.2) is 5.17 Å². The first-order chi connectivity index (χ1) is 19.4. The van der Waals surface area contributed by atoms with Gasteiger partial charge in [-0.25, -0.2) is 15.0 Å². The number of ether oxygens (including phenoxy) is 2. The lowest BCUT2D eigenvalue weighted by Gasteiger charge is -2.08. The molecule has 0 unspecified atom stereocenters. The molecular formula is C28H29F3N6O3S. The van der Waals surface area contributed by atoms with Crippen LogP contribution in [-0.2, 0) is 9.53 Å². The van der Waals surface area contributed by atoms with Gasteiger partial charge in [-0.15, -0.1) is 13.2 Å². The Hall–Kier alpha value is -4.65. The fourth-order valence-electron chi connectivity index (χ4n) is 3.01. The number of thioether (sulfide) groups is 1. The van der Waals surface area contributed by atoms with E-state index in [-0.39, 0.29) is 23.5 Å². The van der Waals surface area contributed by atoms with Gasteiger partial charge in [-0.05, 0) is 66.6 Å². The highest BCUT2D eigenvalue weighted by Crippen LogP contribution is 2.25. The third-order valence-electron chi connectivity index (χ3n) is 4.98. The van der Waals surface area contributed by atoms with E-state index in [4.69, 9.17) is 21.6 Å². The average molecular weight is 587 g/mol. The topological polar surface area (TPSA) is 148 Å². The van der Waals surface area contributed by atoms with Gasteiger partial charge in [0.25, 0.3) is 0 Å². The van der Waals surface area contributed by atoms with Crippen LogP contribution in [0.3, 0.4) is 0 Å². The molecule has 0 amide bonds. The van der Waals surface area contributed by atoms with Gasteiger partial charge in [-0.2, -0.15) is 0 Å². The van der Waals surface area contributed by atoms with Crippen LogP contribution in [0.2, 0.25) is 0 Å². The van der Waals surface area contributed by atoms with Crippen LogP contribution >= 0.6 is 11.8 Å². The summed E-state index contributed by atoms with van der Waals surface area (Å²) in [7, 11) is 0. The Labute approximate surface area is 239 Å². The molecule has 0 atom stereocenters. The summed E-state index contributed by atoms with van der Waals surface area (Å²) in [6.45, 7) is 5.32. The zero-order valence-corrected chi connectivity index (χ0v) is 23.3. The van der Waals surface area contributed by atoms with Crippen molar-refractivity contribution in [1.82, 2.24) is 0 Å². The molecular weight excluding hydrogens is 557 g/mol. The number of aliphatic imine (C=N–C) groups is 3. The lowest BCUT2D eigenvalue weighted by molar-refractivity contribution is -0.274. The molecule has 0 aromatic heterocycles. The normalized spacial score (nSPS) is 12.0. The van der Waals surface area contributed by atoms with Crippen LogP contribution in [0, 0.1) is 19.3 Å². The molecule has 0 saturated carbocycles. The number of nitrogens with zero attached hydrogens (tertiary/aromatic N) is 3. The Morgan fingerprint density at radius 1 is 1.00 bits per heavy atom. The van der Waals surface area contributed by atoms with E-state index in [0.717, 1.165) is 34.5 Å². The second kappa shape index (κ2) is 15.8. The van der Waals surface area contributed by atoms with Crippen molar-refractivity contribution in [3.8, 4) is 5.75 Å². The maximum Gasteiger partial charge on any atom is 0.573 e. The fourth-order valence-corrected chi connectivity index (χ4v) is 3.52. The van der Waals surface area contributed by atoms with Gasteiger partial charge in [0.2, 0.25) is 0 Å². The second-order valence-corrected chi connectivity index (χ2v) is 9.10. The number of carbonyl (C=O) groups excluding carboxylic acids is 1. The highest BCUT2D eigenvalue weighted by molar-refractivity contribution is 8.13. The van der Waals surface area contributed by atoms with Crippen LogP contribution in [0.15, 0.2) is 81.7 Å². The highest BCUT2D eigenvalue weighted by atomic mass is 32.2. The highest BCUT2D eigenvalue weighted by Gasteiger charge is 2.30. The molecule has 5 N–H and O–H groups in total. The standard InChI is InChI=1S/C16H13F3N4O.C12H16N2O2S/c17-16(18,19)24-14-7-5-13(6-8-14)22-10-23-15(21)12-3-1-11(9-20)2-4-12;1-8-5-4-6-9(2)11(8)14-12(13)17-7-16-10(3)15/h1-10,20H,(H2,21,22,23);4-6H,7H2,1-3H3,(H2,13,14). The molecule has 0 aliphatic heterocycles. The number of halogens is 3. The number of hydrogen-bond donors (Lipinski definition) is 3. The lowest BCUT2D eigenvalue weighted by Crippen LogP contribution is -2.16. The van der Waals surface area contributed by atoms with E-state index >= 15 is 0 Å². The van der Waals surface area contributed by atoms with Crippen LogP contribution in [0.25, 0.3) is 0 Å². The van der Waals surface area contributed by atoms with Crippen molar-refractivity contribution in [3.63, 3.8) is 0 Å². The number of alkyl halides is 3. The summed E-state index contributed by atoms with van der Waals surface area (Å²) in [6.07, 6.45) is -2.30. The number of aryl methyl sites for hydroxylation is 2. The summed E-state index contributed by atoms with van der Waals surface area (Å²) in [4.78, 5) is 22.8. The van der Waals surface area contributed by atoms with Gasteiger partial charge >= 0.3 is 12.3 Å². The minimum absolute atomic E-state index is 0.190. The summed E-state index contributed by atoms with van der Waals surface area (Å²) >= 11 is 1.20. The first kappa shape index (κ1) is 32.6. The maximum absolute atomic E-state index is 12.0. The van der Waals surface area contributed by atoms with E-state index in [1.807, 2.05) is 32.0 Å². The molecule has 13 heteroatoms. The fraction of sp³-hybridized carbons (Fsp3) is 0.179. The van der Waals surface area contributed by atoms with Gasteiger partial charge in [0.05, 0.1) is 11.4 Å². The number of nitrogens with two attached hydrogens (primary N) is 2. The molecule has 3 rings (SSSR count). The van der Waals surface area contributed by atoms with Crippen molar-refractivity contribution in [3.05, 3.63) is 89.0 Å². The quantitative estimate of drug-likeness (QED) is 0.125. The number of nitrogens with one attached hydrogen (secondary N) is 1. The smallest absolute Gasteiger partial charge is 0.454 e. The number of hydrogen-bond acceptors (Lipinski definition) is 7. The predicted octanol–water partition coefficient (Wildman–Crippen LogP) is 6.15. The van der Waals surface area contributed by atoms with Crippen LogP contribution in [0.5, 0.6) is 5.75 Å². The summed E-state index contributed by atoms with van der Waals surface area (Å²) in [5.74, 6) is -0.226. The van der Waals surface area contributed by atoms with Crippen LogP contribution in [0.4, 0.5) is 24.5 Å². The van der Waals surface area contributed by atoms with Gasteiger partial charge < -0.3 is 26.4 Å². The number of rotatable bonds is 8. The first-order valence-electron chi connectivity index (χ1n) is 11.9. The third-order valence-corrected chi connectivity index (χ3v) is 5.60. The Bertz CT molecular complexity index is 1390. The van der Waals surface area contributed by atoms with E-state index < -0.39 is 6.36 Å². The molecule has 0 radical (unpaired) electrons. The Morgan fingerprint density at radius 2 is 1.61 bits per heavy atom. The van der Waals surface area contributed by atoms with E-state index in [2.05, 4.69) is 19.7 Å². The van der Waals surface area contributed by atoms with E-state index in [9.17, 15) is 18.0 Å². The monoisotopic (exact) mass is 586 g/mol. The minimum Gasteiger partial charge on any atom is -0.454 e. The largest absolute Gasteiger partial charge is 0.573 e. The first-order valence-corrected chi connectivity index (χ1v) is 12.9. The van der Waals surface area contributed by atoms with Crippen molar-refractivity contribution in [2.45, 2.75) is 27.1 Å². The summed E-state index contributed by atoms with van der Waals surface area (Å²) in [5, 5.41) is 7.50. The molecule has 0 bridgehead atoms. The molecule has 0 spiro atoms. The SMILES string of the molecule is CC(=O)OCSC(N)=Nc1c(C)cccc1C.N=Cc1ccc(C(N)=NC=Nc2ccc(OC(F)(F)F)cc2)cc1. The molecule has 41 heavy (non-hydrogen) atoms. The molecule has 216 valence electrons. The summed E-state index contributed by atoms with van der Waals surface area (Å²) in [6, 6.07) is 17.9. The van der Waals surface area contributed by atoms with Gasteiger partial charge in [-0.1, -0.05) is 42.5 Å². The molecule has 0 aliphatic rings. The van der Waals surface area contributed by atoms with Gasteiger partial charge in [0, 0.05) is 18.7 Å². The molecule has 0 fully saturated rings. The van der Waals surface area contributed by atoms with Crippen LogP contribution in [-0.4, -0.2) is 41.8 Å². The van der Waals surface area contributed by atoms with Crippen LogP contribution < -0.4 is 16.2 Å². The third kappa shape index (κ3) is 12.4. The Balaban J connectivity index is 0.000000305. The van der Waals surface area contributed by atoms with Crippen molar-refractivity contribution < 1.29 is 27.4 Å². The molecule has 0 saturated heterocycles.